The Bertz CT molecular complexity index is 86.2. The summed E-state index contributed by atoms with van der Waals surface area (Å²) in [4.78, 5) is 0. The molecule has 1 aliphatic rings. The first-order chi connectivity index (χ1) is 4.43. The maximum Gasteiger partial charge on any atom is -0.0234 e. The Morgan fingerprint density at radius 2 is 1.78 bits per heavy atom. The molecule has 0 heteroatoms. The normalized spacial score (nSPS) is 23.2. The van der Waals surface area contributed by atoms with E-state index in [-0.39, 0.29) is 0 Å². The van der Waals surface area contributed by atoms with Crippen LogP contribution in [0, 0.1) is 12.8 Å². The first-order valence-corrected chi connectivity index (χ1v) is 3.89. The van der Waals surface area contributed by atoms with E-state index in [2.05, 4.69) is 13.0 Å². The molecule has 1 radical (unpaired) electrons. The minimum Gasteiger partial charge on any atom is -0.0880 e. The maximum atomic E-state index is 3.70. The van der Waals surface area contributed by atoms with Crippen molar-refractivity contribution >= 4 is 0 Å². The first kappa shape index (κ1) is 6.85. The predicted octanol–water partition coefficient (Wildman–Crippen LogP) is 2.96. The number of allylic oxidation sites excluding steroid dienone is 2. The molecular formula is C9H15. The van der Waals surface area contributed by atoms with Crippen molar-refractivity contribution in [1.29, 1.82) is 0 Å². The summed E-state index contributed by atoms with van der Waals surface area (Å²) >= 11 is 0. The van der Waals surface area contributed by atoms with Crippen LogP contribution in [-0.4, -0.2) is 0 Å². The minimum absolute atomic E-state index is 0.858. The van der Waals surface area contributed by atoms with E-state index in [1.165, 1.54) is 32.1 Å². The summed E-state index contributed by atoms with van der Waals surface area (Å²) in [5.74, 6) is 0.858. The predicted molar refractivity (Wildman–Crippen MR) is 41.1 cm³/mol. The molecule has 9 heavy (non-hydrogen) atoms. The molecule has 0 aromatic rings. The Kier molecular flexibility index (Phi) is 2.82. The molecule has 0 N–H and O–H groups in total. The smallest absolute Gasteiger partial charge is 0.0234 e. The van der Waals surface area contributed by atoms with Gasteiger partial charge in [0.2, 0.25) is 0 Å². The second-order valence-electron chi connectivity index (χ2n) is 2.83. The van der Waals surface area contributed by atoms with Crippen LogP contribution in [0.5, 0.6) is 0 Å². The van der Waals surface area contributed by atoms with Crippen molar-refractivity contribution in [2.75, 3.05) is 0 Å². The van der Waals surface area contributed by atoms with Crippen molar-refractivity contribution in [3.05, 3.63) is 19.1 Å². The molecule has 1 saturated carbocycles. The van der Waals surface area contributed by atoms with E-state index in [0.717, 1.165) is 5.92 Å². The van der Waals surface area contributed by atoms with E-state index in [1.54, 1.807) is 0 Å². The Morgan fingerprint density at radius 3 is 2.33 bits per heavy atom. The summed E-state index contributed by atoms with van der Waals surface area (Å²) in [7, 11) is 0. The maximum absolute atomic E-state index is 3.70. The highest BCUT2D eigenvalue weighted by Crippen LogP contribution is 2.24. The summed E-state index contributed by atoms with van der Waals surface area (Å²) in [5.41, 5.74) is 0. The Hall–Kier alpha value is -0.260. The van der Waals surface area contributed by atoms with E-state index in [9.17, 15) is 0 Å². The molecule has 0 amide bonds. The second kappa shape index (κ2) is 3.71. The largest absolute Gasteiger partial charge is 0.0880 e. The molecule has 0 heterocycles. The molecule has 0 nitrogen and oxygen atoms in total. The van der Waals surface area contributed by atoms with Crippen molar-refractivity contribution in [3.8, 4) is 0 Å². The topological polar surface area (TPSA) is 0 Å². The van der Waals surface area contributed by atoms with E-state index in [0.29, 0.717) is 0 Å². The van der Waals surface area contributed by atoms with E-state index in [1.807, 2.05) is 6.08 Å². The molecule has 0 aliphatic heterocycles. The summed E-state index contributed by atoms with van der Waals surface area (Å²) in [6.07, 6.45) is 11.3. The molecule has 0 aromatic carbocycles. The second-order valence-corrected chi connectivity index (χ2v) is 2.83. The highest BCUT2D eigenvalue weighted by molar-refractivity contribution is 4.91. The van der Waals surface area contributed by atoms with Gasteiger partial charge in [0.05, 0.1) is 0 Å². The molecule has 1 fully saturated rings. The lowest BCUT2D eigenvalue weighted by Crippen LogP contribution is -2.01. The lowest BCUT2D eigenvalue weighted by atomic mass is 9.89. The van der Waals surface area contributed by atoms with Crippen LogP contribution in [0.2, 0.25) is 0 Å². The van der Waals surface area contributed by atoms with Gasteiger partial charge in [0.15, 0.2) is 0 Å². The highest BCUT2D eigenvalue weighted by atomic mass is 14.1. The Balaban J connectivity index is 2.23. The van der Waals surface area contributed by atoms with Crippen LogP contribution in [0.15, 0.2) is 12.2 Å². The van der Waals surface area contributed by atoms with Gasteiger partial charge >= 0.3 is 0 Å². The monoisotopic (exact) mass is 123 g/mol. The van der Waals surface area contributed by atoms with E-state index in [4.69, 9.17) is 0 Å². The van der Waals surface area contributed by atoms with E-state index < -0.39 is 0 Å². The molecule has 0 atom stereocenters. The van der Waals surface area contributed by atoms with Crippen LogP contribution in [0.1, 0.15) is 32.1 Å². The zero-order valence-corrected chi connectivity index (χ0v) is 5.97. The summed E-state index contributed by atoms with van der Waals surface area (Å²) in [5, 5.41) is 0. The first-order valence-electron chi connectivity index (χ1n) is 3.89. The van der Waals surface area contributed by atoms with Crippen molar-refractivity contribution in [2.24, 2.45) is 5.92 Å². The van der Waals surface area contributed by atoms with Crippen LogP contribution in [0.4, 0.5) is 0 Å². The third kappa shape index (κ3) is 2.21. The molecule has 0 unspecified atom stereocenters. The van der Waals surface area contributed by atoms with Gasteiger partial charge in [-0.25, -0.2) is 0 Å². The van der Waals surface area contributed by atoms with Gasteiger partial charge in [0.1, 0.15) is 0 Å². The van der Waals surface area contributed by atoms with Gasteiger partial charge in [-0.2, -0.15) is 0 Å². The zero-order chi connectivity index (χ0) is 6.53. The highest BCUT2D eigenvalue weighted by Gasteiger charge is 2.08. The number of rotatable bonds is 1. The molecule has 1 rings (SSSR count). The van der Waals surface area contributed by atoms with Gasteiger partial charge in [0.25, 0.3) is 0 Å². The van der Waals surface area contributed by atoms with Gasteiger partial charge in [-0.05, 0) is 25.7 Å². The lowest BCUT2D eigenvalue weighted by molar-refractivity contribution is 0.419. The fourth-order valence-electron chi connectivity index (χ4n) is 1.52. The van der Waals surface area contributed by atoms with Crippen LogP contribution in [-0.2, 0) is 0 Å². The summed E-state index contributed by atoms with van der Waals surface area (Å²) in [6, 6.07) is 0. The lowest BCUT2D eigenvalue weighted by Gasteiger charge is -2.17. The van der Waals surface area contributed by atoms with Gasteiger partial charge in [-0.15, -0.1) is 0 Å². The van der Waals surface area contributed by atoms with Crippen LogP contribution < -0.4 is 0 Å². The molecular weight excluding hydrogens is 108 g/mol. The van der Waals surface area contributed by atoms with Crippen LogP contribution >= 0.6 is 0 Å². The Morgan fingerprint density at radius 1 is 1.11 bits per heavy atom. The molecule has 0 spiro atoms. The van der Waals surface area contributed by atoms with E-state index >= 15 is 0 Å². The van der Waals surface area contributed by atoms with Crippen molar-refractivity contribution in [2.45, 2.75) is 32.1 Å². The SMILES string of the molecule is [CH2]/C=C/C1CCCCC1. The molecule has 0 bridgehead atoms. The van der Waals surface area contributed by atoms with Gasteiger partial charge in [-0.1, -0.05) is 31.4 Å². The van der Waals surface area contributed by atoms with Gasteiger partial charge in [-0.3, -0.25) is 0 Å². The molecule has 1 aliphatic carbocycles. The van der Waals surface area contributed by atoms with Gasteiger partial charge < -0.3 is 0 Å². The minimum atomic E-state index is 0.858. The van der Waals surface area contributed by atoms with Gasteiger partial charge in [0, 0.05) is 0 Å². The van der Waals surface area contributed by atoms with Crippen molar-refractivity contribution in [3.63, 3.8) is 0 Å². The van der Waals surface area contributed by atoms with Crippen molar-refractivity contribution < 1.29 is 0 Å². The standard InChI is InChI=1S/C9H15/c1-2-6-9-7-4-3-5-8-9/h2,6,9H,1,3-5,7-8H2/b6-2+. The molecule has 0 aromatic heterocycles. The average molecular weight is 123 g/mol. The Labute approximate surface area is 58.0 Å². The fourth-order valence-corrected chi connectivity index (χ4v) is 1.52. The third-order valence-electron chi connectivity index (χ3n) is 2.06. The summed E-state index contributed by atoms with van der Waals surface area (Å²) in [6.45, 7) is 3.70. The number of hydrogen-bond acceptors (Lipinski definition) is 0. The van der Waals surface area contributed by atoms with Crippen molar-refractivity contribution in [1.82, 2.24) is 0 Å². The quantitative estimate of drug-likeness (QED) is 0.503. The molecule has 0 saturated heterocycles. The summed E-state index contributed by atoms with van der Waals surface area (Å²) < 4.78 is 0. The van der Waals surface area contributed by atoms with Crippen LogP contribution in [0.25, 0.3) is 0 Å². The molecule has 51 valence electrons. The fraction of sp³-hybridized carbons (Fsp3) is 0.667. The average Bonchev–Trinajstić information content (AvgIpc) is 1.91. The third-order valence-corrected chi connectivity index (χ3v) is 2.06. The zero-order valence-electron chi connectivity index (χ0n) is 5.97. The number of hydrogen-bond donors (Lipinski definition) is 0. The van der Waals surface area contributed by atoms with Crippen LogP contribution in [0.3, 0.4) is 0 Å².